The highest BCUT2D eigenvalue weighted by atomic mass is 19.1. The number of carbonyl (C=O) groups excluding carboxylic acids is 3. The Bertz CT molecular complexity index is 1180. The van der Waals surface area contributed by atoms with Gasteiger partial charge in [0.1, 0.15) is 17.2 Å². The first-order valence-electron chi connectivity index (χ1n) is 9.92. The predicted molar refractivity (Wildman–Crippen MR) is 112 cm³/mol. The van der Waals surface area contributed by atoms with Crippen molar-refractivity contribution < 1.29 is 23.5 Å². The van der Waals surface area contributed by atoms with Gasteiger partial charge in [0.2, 0.25) is 5.78 Å². The van der Waals surface area contributed by atoms with Crippen molar-refractivity contribution in [2.75, 3.05) is 25.4 Å². The van der Waals surface area contributed by atoms with Crippen LogP contribution in [0.3, 0.4) is 0 Å². The molecule has 2 aromatic rings. The number of nitrogens with two attached hydrogens (primary N) is 1. The molecular formula is C21H23FN4O6. The molecule has 1 aromatic carbocycles. The maximum Gasteiger partial charge on any atom is 0.332 e. The summed E-state index contributed by atoms with van der Waals surface area (Å²) in [5.41, 5.74) is 4.05. The van der Waals surface area contributed by atoms with Crippen LogP contribution in [-0.2, 0) is 23.6 Å². The van der Waals surface area contributed by atoms with Crippen molar-refractivity contribution in [1.82, 2.24) is 14.0 Å². The van der Waals surface area contributed by atoms with Crippen molar-refractivity contribution in [1.29, 1.82) is 0 Å². The average molecular weight is 446 g/mol. The summed E-state index contributed by atoms with van der Waals surface area (Å²) in [6.07, 6.45) is 1.01. The van der Waals surface area contributed by atoms with E-state index in [1.807, 2.05) is 0 Å². The zero-order valence-electron chi connectivity index (χ0n) is 17.7. The molecule has 2 N–H and O–H groups in total. The minimum absolute atomic E-state index is 0.0903. The zero-order chi connectivity index (χ0) is 23.6. The van der Waals surface area contributed by atoms with Crippen LogP contribution in [0.1, 0.15) is 33.6 Å². The Morgan fingerprint density at radius 1 is 1.12 bits per heavy atom. The van der Waals surface area contributed by atoms with Gasteiger partial charge >= 0.3 is 11.7 Å². The minimum atomic E-state index is -0.875. The van der Waals surface area contributed by atoms with Crippen molar-refractivity contribution in [2.45, 2.75) is 12.8 Å². The van der Waals surface area contributed by atoms with E-state index < -0.39 is 46.9 Å². The second-order valence-electron chi connectivity index (χ2n) is 7.59. The van der Waals surface area contributed by atoms with Crippen LogP contribution in [0, 0.1) is 11.7 Å². The van der Waals surface area contributed by atoms with Gasteiger partial charge in [0.15, 0.2) is 6.61 Å². The number of ketones is 1. The summed E-state index contributed by atoms with van der Waals surface area (Å²) in [4.78, 5) is 63.2. The summed E-state index contributed by atoms with van der Waals surface area (Å²) in [5, 5.41) is 0. The maximum absolute atomic E-state index is 13.1. The number of benzene rings is 1. The summed E-state index contributed by atoms with van der Waals surface area (Å²) in [6, 6.07) is 5.11. The van der Waals surface area contributed by atoms with Gasteiger partial charge in [-0.05, 0) is 37.1 Å². The molecule has 0 spiro atoms. The molecule has 2 heterocycles. The van der Waals surface area contributed by atoms with Gasteiger partial charge in [-0.2, -0.15) is 0 Å². The van der Waals surface area contributed by atoms with Crippen LogP contribution in [0.4, 0.5) is 10.2 Å². The molecule has 0 saturated carbocycles. The van der Waals surface area contributed by atoms with Gasteiger partial charge in [0.25, 0.3) is 11.5 Å². The molecule has 11 heteroatoms. The van der Waals surface area contributed by atoms with Gasteiger partial charge in [0, 0.05) is 32.7 Å². The molecule has 32 heavy (non-hydrogen) atoms. The Hall–Kier alpha value is -3.76. The van der Waals surface area contributed by atoms with Crippen molar-refractivity contribution in [3.63, 3.8) is 0 Å². The Balaban J connectivity index is 1.66. The van der Waals surface area contributed by atoms with Crippen molar-refractivity contribution in [3.8, 4) is 0 Å². The fourth-order valence-electron chi connectivity index (χ4n) is 3.58. The number of halogens is 1. The summed E-state index contributed by atoms with van der Waals surface area (Å²) in [7, 11) is 2.52. The van der Waals surface area contributed by atoms with Crippen LogP contribution in [0.25, 0.3) is 0 Å². The molecule has 0 aliphatic carbocycles. The number of piperidine rings is 1. The highest BCUT2D eigenvalue weighted by Crippen LogP contribution is 2.20. The minimum Gasteiger partial charge on any atom is -0.457 e. The van der Waals surface area contributed by atoms with Crippen LogP contribution < -0.4 is 17.0 Å². The first kappa shape index (κ1) is 22.9. The van der Waals surface area contributed by atoms with Gasteiger partial charge in [-0.3, -0.25) is 28.3 Å². The van der Waals surface area contributed by atoms with E-state index in [0.717, 1.165) is 9.13 Å². The average Bonchev–Trinajstić information content (AvgIpc) is 2.80. The van der Waals surface area contributed by atoms with Gasteiger partial charge in [-0.1, -0.05) is 0 Å². The van der Waals surface area contributed by atoms with Crippen LogP contribution in [-0.4, -0.2) is 51.4 Å². The molecule has 1 unspecified atom stereocenters. The fourth-order valence-corrected chi connectivity index (χ4v) is 3.58. The molecule has 170 valence electrons. The number of esters is 1. The lowest BCUT2D eigenvalue weighted by atomic mass is 9.97. The number of hydrogen-bond acceptors (Lipinski definition) is 7. The van der Waals surface area contributed by atoms with Crippen LogP contribution in [0.15, 0.2) is 33.9 Å². The van der Waals surface area contributed by atoms with Crippen molar-refractivity contribution in [2.24, 2.45) is 20.0 Å². The number of carbonyl (C=O) groups is 3. The fraction of sp³-hybridized carbons (Fsp3) is 0.381. The third-order valence-electron chi connectivity index (χ3n) is 5.47. The second-order valence-corrected chi connectivity index (χ2v) is 7.59. The van der Waals surface area contributed by atoms with Crippen LogP contribution >= 0.6 is 0 Å². The summed E-state index contributed by atoms with van der Waals surface area (Å²) >= 11 is 0. The topological polar surface area (TPSA) is 134 Å². The lowest BCUT2D eigenvalue weighted by Crippen LogP contribution is -2.43. The highest BCUT2D eigenvalue weighted by Gasteiger charge is 2.31. The third kappa shape index (κ3) is 4.46. The molecule has 1 atom stereocenters. The van der Waals surface area contributed by atoms with E-state index in [2.05, 4.69) is 0 Å². The standard InChI is InChI=1S/C21H23FN4O6/c1-24-17(23)16(19(29)25(2)21(24)31)15(27)11-32-20(30)13-4-3-9-26(10-13)18(28)12-5-7-14(22)8-6-12/h5-8,13H,3-4,9-11,23H2,1-2H3. The number of likely N-dealkylation sites (tertiary alicyclic amines) is 1. The smallest absolute Gasteiger partial charge is 0.332 e. The lowest BCUT2D eigenvalue weighted by Gasteiger charge is -2.31. The molecule has 1 fully saturated rings. The molecular weight excluding hydrogens is 423 g/mol. The first-order chi connectivity index (χ1) is 15.1. The molecule has 3 rings (SSSR count). The molecule has 1 saturated heterocycles. The number of amides is 1. The quantitative estimate of drug-likeness (QED) is 0.508. The second kappa shape index (κ2) is 9.16. The van der Waals surface area contributed by atoms with Crippen LogP contribution in [0.5, 0.6) is 0 Å². The Kier molecular flexibility index (Phi) is 6.56. The highest BCUT2D eigenvalue weighted by molar-refractivity contribution is 6.01. The molecule has 10 nitrogen and oxygen atoms in total. The monoisotopic (exact) mass is 446 g/mol. The Morgan fingerprint density at radius 3 is 2.44 bits per heavy atom. The van der Waals surface area contributed by atoms with E-state index >= 15 is 0 Å². The number of ether oxygens (including phenoxy) is 1. The van der Waals surface area contributed by atoms with Gasteiger partial charge in [-0.25, -0.2) is 9.18 Å². The van der Waals surface area contributed by atoms with E-state index in [4.69, 9.17) is 10.5 Å². The van der Waals surface area contributed by atoms with E-state index in [9.17, 15) is 28.4 Å². The number of aromatic nitrogens is 2. The SMILES string of the molecule is Cn1c(N)c(C(=O)COC(=O)C2CCCN(C(=O)c3ccc(F)cc3)C2)c(=O)n(C)c1=O. The van der Waals surface area contributed by atoms with Crippen molar-refractivity contribution >= 4 is 23.5 Å². The maximum atomic E-state index is 13.1. The number of anilines is 1. The largest absolute Gasteiger partial charge is 0.457 e. The molecule has 1 aliphatic rings. The first-order valence-corrected chi connectivity index (χ1v) is 9.92. The molecule has 1 aliphatic heterocycles. The number of nitrogen functional groups attached to an aromatic ring is 1. The van der Waals surface area contributed by atoms with E-state index in [1.54, 1.807) is 0 Å². The molecule has 1 aromatic heterocycles. The lowest BCUT2D eigenvalue weighted by molar-refractivity contribution is -0.148. The van der Waals surface area contributed by atoms with Gasteiger partial charge < -0.3 is 15.4 Å². The van der Waals surface area contributed by atoms with Crippen LogP contribution in [0.2, 0.25) is 0 Å². The molecule has 0 bridgehead atoms. The predicted octanol–water partition coefficient (Wildman–Crippen LogP) is 0.0836. The van der Waals surface area contributed by atoms with E-state index in [0.29, 0.717) is 24.9 Å². The van der Waals surface area contributed by atoms with E-state index in [-0.39, 0.29) is 18.3 Å². The summed E-state index contributed by atoms with van der Waals surface area (Å²) < 4.78 is 19.9. The number of hydrogen-bond donors (Lipinski definition) is 1. The normalized spacial score (nSPS) is 16.0. The Labute approximate surface area is 182 Å². The summed E-state index contributed by atoms with van der Waals surface area (Å²) in [6.45, 7) is -0.199. The number of rotatable bonds is 5. The van der Waals surface area contributed by atoms with Gasteiger partial charge in [0.05, 0.1) is 5.92 Å². The van der Waals surface area contributed by atoms with Crippen molar-refractivity contribution in [3.05, 3.63) is 62.0 Å². The zero-order valence-corrected chi connectivity index (χ0v) is 17.7. The summed E-state index contributed by atoms with van der Waals surface area (Å²) in [5.74, 6) is -3.27. The van der Waals surface area contributed by atoms with Gasteiger partial charge in [-0.15, -0.1) is 0 Å². The molecule has 0 radical (unpaired) electrons. The Morgan fingerprint density at radius 2 is 1.78 bits per heavy atom. The number of nitrogens with zero attached hydrogens (tertiary/aromatic N) is 3. The van der Waals surface area contributed by atoms with E-state index in [1.165, 1.54) is 43.3 Å². The number of Topliss-reactive ketones (excluding diaryl/α,β-unsaturated/α-hetero) is 1. The third-order valence-corrected chi connectivity index (χ3v) is 5.47. The molecule has 1 amide bonds.